The van der Waals surface area contributed by atoms with Crippen LogP contribution in [0.25, 0.3) is 0 Å². The van der Waals surface area contributed by atoms with Gasteiger partial charge in [-0.25, -0.2) is 0 Å². The van der Waals surface area contributed by atoms with Crippen molar-refractivity contribution in [1.29, 1.82) is 0 Å². The second kappa shape index (κ2) is 9.94. The Kier molecular flexibility index (Phi) is 10.9. The van der Waals surface area contributed by atoms with Gasteiger partial charge in [0.15, 0.2) is 0 Å². The standard InChI is InChI=1S/2C4H9NO2/c1-2-3(5)4(6)7;5-3-1-2-4(6)7/h3H,2,5H2,1H3,(H,6,7);1-3,5H2,(H,6,7). The minimum absolute atomic E-state index is 0.191. The van der Waals surface area contributed by atoms with E-state index >= 15 is 0 Å². The van der Waals surface area contributed by atoms with Crippen LogP contribution < -0.4 is 11.5 Å². The van der Waals surface area contributed by atoms with E-state index in [1.54, 1.807) is 6.92 Å². The molecular formula is C8H18N2O4. The molecule has 0 aromatic heterocycles. The summed E-state index contributed by atoms with van der Waals surface area (Å²) < 4.78 is 0. The molecular weight excluding hydrogens is 188 g/mol. The van der Waals surface area contributed by atoms with Crippen LogP contribution in [0, 0.1) is 0 Å². The summed E-state index contributed by atoms with van der Waals surface area (Å²) in [6, 6.07) is -0.681. The highest BCUT2D eigenvalue weighted by atomic mass is 16.4. The number of hydrogen-bond donors (Lipinski definition) is 4. The second-order valence-corrected chi connectivity index (χ2v) is 2.64. The van der Waals surface area contributed by atoms with E-state index in [0.29, 0.717) is 19.4 Å². The lowest BCUT2D eigenvalue weighted by Gasteiger charge is -1.97. The Morgan fingerprint density at radius 1 is 1.36 bits per heavy atom. The van der Waals surface area contributed by atoms with Gasteiger partial charge in [-0.3, -0.25) is 9.59 Å². The van der Waals surface area contributed by atoms with Crippen molar-refractivity contribution in [2.24, 2.45) is 11.5 Å². The maximum atomic E-state index is 9.81. The van der Waals surface area contributed by atoms with Gasteiger partial charge in [0.05, 0.1) is 0 Å². The van der Waals surface area contributed by atoms with Crippen LogP contribution in [-0.2, 0) is 9.59 Å². The smallest absolute Gasteiger partial charge is 0.320 e. The van der Waals surface area contributed by atoms with Crippen LogP contribution in [0.5, 0.6) is 0 Å². The lowest BCUT2D eigenvalue weighted by Crippen LogP contribution is -2.28. The van der Waals surface area contributed by atoms with E-state index in [-0.39, 0.29) is 6.42 Å². The number of carbonyl (C=O) groups is 2. The average molecular weight is 206 g/mol. The zero-order chi connectivity index (χ0) is 11.6. The first-order valence-electron chi connectivity index (χ1n) is 4.35. The zero-order valence-corrected chi connectivity index (χ0v) is 8.27. The SMILES string of the molecule is CCC(N)C(=O)O.NCCCC(=O)O. The monoisotopic (exact) mass is 206 g/mol. The molecule has 0 heterocycles. The van der Waals surface area contributed by atoms with Crippen LogP contribution in [-0.4, -0.2) is 34.7 Å². The summed E-state index contributed by atoms with van der Waals surface area (Å²) in [6.45, 7) is 2.20. The van der Waals surface area contributed by atoms with Gasteiger partial charge in [0.25, 0.3) is 0 Å². The van der Waals surface area contributed by atoms with Crippen LogP contribution in [0.3, 0.4) is 0 Å². The van der Waals surface area contributed by atoms with Gasteiger partial charge in [0.2, 0.25) is 0 Å². The molecule has 0 aliphatic rings. The van der Waals surface area contributed by atoms with Gasteiger partial charge in [-0.1, -0.05) is 6.92 Å². The summed E-state index contributed by atoms with van der Waals surface area (Å²) in [5.74, 6) is -1.70. The molecule has 0 bridgehead atoms. The summed E-state index contributed by atoms with van der Waals surface area (Å²) >= 11 is 0. The fraction of sp³-hybridized carbons (Fsp3) is 0.750. The van der Waals surface area contributed by atoms with E-state index in [4.69, 9.17) is 21.7 Å². The molecule has 0 aliphatic carbocycles. The molecule has 0 spiro atoms. The van der Waals surface area contributed by atoms with Gasteiger partial charge in [-0.15, -0.1) is 0 Å². The fourth-order valence-corrected chi connectivity index (χ4v) is 0.428. The molecule has 0 rings (SSSR count). The van der Waals surface area contributed by atoms with Crippen molar-refractivity contribution in [3.05, 3.63) is 0 Å². The Hall–Kier alpha value is -1.14. The molecule has 6 nitrogen and oxygen atoms in total. The molecule has 0 amide bonds. The predicted octanol–water partition coefficient (Wildman–Crippen LogP) is -0.382. The number of rotatable bonds is 5. The van der Waals surface area contributed by atoms with Gasteiger partial charge >= 0.3 is 11.9 Å². The predicted molar refractivity (Wildman–Crippen MR) is 51.8 cm³/mol. The first-order chi connectivity index (χ1) is 6.45. The van der Waals surface area contributed by atoms with Crippen molar-refractivity contribution in [2.75, 3.05) is 6.54 Å². The first-order valence-corrected chi connectivity index (χ1v) is 4.35. The molecule has 1 unspecified atom stereocenters. The molecule has 0 aromatic carbocycles. The molecule has 6 N–H and O–H groups in total. The molecule has 0 saturated heterocycles. The normalized spacial score (nSPS) is 11.1. The average Bonchev–Trinajstić information content (AvgIpc) is 2.14. The van der Waals surface area contributed by atoms with Gasteiger partial charge in [0.1, 0.15) is 6.04 Å². The second-order valence-electron chi connectivity index (χ2n) is 2.64. The van der Waals surface area contributed by atoms with Gasteiger partial charge in [0, 0.05) is 6.42 Å². The van der Waals surface area contributed by atoms with Crippen molar-refractivity contribution in [1.82, 2.24) is 0 Å². The van der Waals surface area contributed by atoms with Gasteiger partial charge in [-0.2, -0.15) is 0 Å². The van der Waals surface area contributed by atoms with Crippen molar-refractivity contribution >= 4 is 11.9 Å². The topological polar surface area (TPSA) is 127 Å². The maximum Gasteiger partial charge on any atom is 0.320 e. The van der Waals surface area contributed by atoms with Crippen molar-refractivity contribution < 1.29 is 19.8 Å². The molecule has 0 radical (unpaired) electrons. The maximum absolute atomic E-state index is 9.81. The molecule has 0 aromatic rings. The van der Waals surface area contributed by atoms with Crippen molar-refractivity contribution in [2.45, 2.75) is 32.2 Å². The summed E-state index contributed by atoms with van der Waals surface area (Å²) in [5, 5.41) is 16.0. The number of hydrogen-bond acceptors (Lipinski definition) is 4. The highest BCUT2D eigenvalue weighted by Gasteiger charge is 2.05. The third-order valence-corrected chi connectivity index (χ3v) is 1.35. The third-order valence-electron chi connectivity index (χ3n) is 1.35. The Bertz CT molecular complexity index is 173. The van der Waals surface area contributed by atoms with Crippen LogP contribution in [0.2, 0.25) is 0 Å². The van der Waals surface area contributed by atoms with Crippen LogP contribution >= 0.6 is 0 Å². The van der Waals surface area contributed by atoms with Crippen molar-refractivity contribution in [3.63, 3.8) is 0 Å². The third kappa shape index (κ3) is 13.4. The quantitative estimate of drug-likeness (QED) is 0.485. The summed E-state index contributed by atoms with van der Waals surface area (Å²) in [5.41, 5.74) is 10.0. The lowest BCUT2D eigenvalue weighted by molar-refractivity contribution is -0.139. The first kappa shape index (κ1) is 15.3. The van der Waals surface area contributed by atoms with E-state index in [2.05, 4.69) is 0 Å². The number of carboxylic acids is 2. The minimum atomic E-state index is -0.928. The van der Waals surface area contributed by atoms with Crippen LogP contribution in [0.15, 0.2) is 0 Å². The molecule has 14 heavy (non-hydrogen) atoms. The van der Waals surface area contributed by atoms with E-state index in [9.17, 15) is 9.59 Å². The van der Waals surface area contributed by atoms with E-state index in [1.165, 1.54) is 0 Å². The Labute approximate surface area is 82.9 Å². The number of aliphatic carboxylic acids is 2. The molecule has 84 valence electrons. The summed E-state index contributed by atoms with van der Waals surface area (Å²) in [4.78, 5) is 19.5. The van der Waals surface area contributed by atoms with Gasteiger partial charge < -0.3 is 21.7 Å². The minimum Gasteiger partial charge on any atom is -0.481 e. The molecule has 1 atom stereocenters. The van der Waals surface area contributed by atoms with Crippen LogP contribution in [0.1, 0.15) is 26.2 Å². The Balaban J connectivity index is 0. The van der Waals surface area contributed by atoms with Crippen molar-refractivity contribution in [3.8, 4) is 0 Å². The molecule has 0 saturated carbocycles. The van der Waals surface area contributed by atoms with Crippen LogP contribution in [0.4, 0.5) is 0 Å². The fourth-order valence-electron chi connectivity index (χ4n) is 0.428. The lowest BCUT2D eigenvalue weighted by atomic mass is 10.2. The Morgan fingerprint density at radius 2 is 1.86 bits per heavy atom. The summed E-state index contributed by atoms with van der Waals surface area (Å²) in [7, 11) is 0. The van der Waals surface area contributed by atoms with E-state index in [1.807, 2.05) is 0 Å². The largest absolute Gasteiger partial charge is 0.481 e. The molecule has 0 fully saturated rings. The summed E-state index contributed by atoms with van der Waals surface area (Å²) in [6.07, 6.45) is 1.27. The molecule has 6 heteroatoms. The van der Waals surface area contributed by atoms with E-state index in [0.717, 1.165) is 0 Å². The Morgan fingerprint density at radius 3 is 1.93 bits per heavy atom. The zero-order valence-electron chi connectivity index (χ0n) is 8.27. The highest BCUT2D eigenvalue weighted by Crippen LogP contribution is 1.82. The van der Waals surface area contributed by atoms with Gasteiger partial charge in [-0.05, 0) is 19.4 Å². The van der Waals surface area contributed by atoms with E-state index < -0.39 is 18.0 Å². The number of nitrogens with two attached hydrogens (primary N) is 2. The number of carboxylic acid groups (broad SMARTS) is 2. The molecule has 0 aliphatic heterocycles. The highest BCUT2D eigenvalue weighted by molar-refractivity contribution is 5.72.